The Morgan fingerprint density at radius 2 is 1.75 bits per heavy atom. The second-order valence-electron chi connectivity index (χ2n) is 13.6. The predicted octanol–water partition coefficient (Wildman–Crippen LogP) is 10.4. The molecule has 5 atom stereocenters. The van der Waals surface area contributed by atoms with Crippen LogP contribution in [0.3, 0.4) is 0 Å². The van der Waals surface area contributed by atoms with E-state index in [0.717, 1.165) is 25.8 Å². The molecule has 5 unspecified atom stereocenters. The maximum absolute atomic E-state index is 4.45. The van der Waals surface area contributed by atoms with Gasteiger partial charge in [-0.25, -0.2) is 0 Å². The van der Waals surface area contributed by atoms with Crippen LogP contribution in [0.15, 0.2) is 130 Å². The smallest absolute Gasteiger partial charge is 0.0429 e. The van der Waals surface area contributed by atoms with Crippen molar-refractivity contribution in [1.82, 2.24) is 4.98 Å². The zero-order chi connectivity index (χ0) is 29.3. The zero-order valence-electron chi connectivity index (χ0n) is 25.9. The molecule has 0 bridgehead atoms. The molecule has 6 aliphatic rings. The predicted molar refractivity (Wildman–Crippen MR) is 184 cm³/mol. The van der Waals surface area contributed by atoms with Crippen LogP contribution in [0.4, 0.5) is 0 Å². The maximum atomic E-state index is 4.45. The normalized spacial score (nSPS) is 29.7. The lowest BCUT2D eigenvalue weighted by atomic mass is 9.57. The number of aliphatic imine (C=N–C) groups is 1. The molecule has 2 heteroatoms. The summed E-state index contributed by atoms with van der Waals surface area (Å²) in [6.07, 6.45) is 37.8. The van der Waals surface area contributed by atoms with E-state index in [1.807, 2.05) is 18.6 Å². The number of fused-ring (bicyclic) bond motifs is 2. The fraction of sp³-hybridized carbons (Fsp3) is 0.381. The molecule has 5 aliphatic carbocycles. The van der Waals surface area contributed by atoms with Crippen LogP contribution in [0, 0.1) is 17.8 Å². The summed E-state index contributed by atoms with van der Waals surface area (Å²) in [5, 5.41) is 0. The van der Waals surface area contributed by atoms with Gasteiger partial charge in [0.2, 0.25) is 0 Å². The Kier molecular flexibility index (Phi) is 7.76. The lowest BCUT2D eigenvalue weighted by Crippen LogP contribution is -2.34. The van der Waals surface area contributed by atoms with Crippen molar-refractivity contribution in [3.05, 3.63) is 142 Å². The van der Waals surface area contributed by atoms with E-state index in [1.165, 1.54) is 72.8 Å². The standard InChI is InChI=1S/C42H44N2/c1-2-8-29(9-3-1)34-16-17-39-40(28-34)42(36-13-7-11-33(27-36)31-20-24-44-25-21-31)38-15-5-4-14-37(38)41(39)35-12-6-10-32(26-35)30-18-22-43-23-19-30/h2,6,8-10,12-13,15-18,20-22,24-26,33-34,37,39,41H,1,3-5,7,11,14,19,23,27-28H2. The van der Waals surface area contributed by atoms with Crippen molar-refractivity contribution in [2.45, 2.75) is 76.0 Å². The summed E-state index contributed by atoms with van der Waals surface area (Å²) in [5.74, 6) is 2.57. The fourth-order valence-corrected chi connectivity index (χ4v) is 9.09. The SMILES string of the molecule is C1=CC(C2C=CC3C(=C(C4=CCCC(c5ccncc5)C4)C4=CCCCC4C3c3cccc(C4=CC=NCC4)c3)C2)=CCC1. The summed E-state index contributed by atoms with van der Waals surface area (Å²) >= 11 is 0. The van der Waals surface area contributed by atoms with Crippen LogP contribution in [0.1, 0.15) is 92.7 Å². The van der Waals surface area contributed by atoms with Gasteiger partial charge in [0.05, 0.1) is 0 Å². The molecule has 2 heterocycles. The van der Waals surface area contributed by atoms with Gasteiger partial charge in [-0.1, -0.05) is 72.4 Å². The Morgan fingerprint density at radius 1 is 0.795 bits per heavy atom. The third-order valence-corrected chi connectivity index (χ3v) is 11.2. The summed E-state index contributed by atoms with van der Waals surface area (Å²) in [4.78, 5) is 8.78. The highest BCUT2D eigenvalue weighted by atomic mass is 14.7. The highest BCUT2D eigenvalue weighted by molar-refractivity contribution is 5.86. The van der Waals surface area contributed by atoms with E-state index < -0.39 is 0 Å². The first-order valence-electron chi connectivity index (χ1n) is 17.2. The molecule has 0 amide bonds. The van der Waals surface area contributed by atoms with Gasteiger partial charge in [0.25, 0.3) is 0 Å². The molecule has 2 aromatic rings. The van der Waals surface area contributed by atoms with Gasteiger partial charge in [-0.15, -0.1) is 0 Å². The molecule has 0 spiro atoms. The van der Waals surface area contributed by atoms with Crippen molar-refractivity contribution >= 4 is 11.8 Å². The van der Waals surface area contributed by atoms with Crippen molar-refractivity contribution in [2.24, 2.45) is 22.7 Å². The van der Waals surface area contributed by atoms with Crippen LogP contribution in [-0.2, 0) is 0 Å². The van der Waals surface area contributed by atoms with Gasteiger partial charge in [-0.2, -0.15) is 0 Å². The van der Waals surface area contributed by atoms with E-state index in [9.17, 15) is 0 Å². The Balaban J connectivity index is 1.25. The fourth-order valence-electron chi connectivity index (χ4n) is 9.09. The van der Waals surface area contributed by atoms with E-state index in [0.29, 0.717) is 29.6 Å². The number of hydrogen-bond donors (Lipinski definition) is 0. The number of allylic oxidation sites excluding steroid dienone is 13. The lowest BCUT2D eigenvalue weighted by Gasteiger charge is -2.47. The average Bonchev–Trinajstić information content (AvgIpc) is 3.11. The van der Waals surface area contributed by atoms with E-state index in [2.05, 4.69) is 95.0 Å². The third kappa shape index (κ3) is 5.27. The average molecular weight is 577 g/mol. The number of dihydropyridines is 1. The molecule has 2 nitrogen and oxygen atoms in total. The van der Waals surface area contributed by atoms with Crippen molar-refractivity contribution in [3.63, 3.8) is 0 Å². The first-order valence-corrected chi connectivity index (χ1v) is 17.2. The highest BCUT2D eigenvalue weighted by Gasteiger charge is 2.44. The summed E-state index contributed by atoms with van der Waals surface area (Å²) in [5.41, 5.74) is 14.0. The summed E-state index contributed by atoms with van der Waals surface area (Å²) in [6, 6.07) is 14.1. The Labute approximate surface area is 263 Å². The second-order valence-corrected chi connectivity index (χ2v) is 13.6. The minimum Gasteiger partial charge on any atom is -0.293 e. The van der Waals surface area contributed by atoms with Gasteiger partial charge in [0, 0.05) is 42.9 Å². The molecule has 0 N–H and O–H groups in total. The number of nitrogens with zero attached hydrogens (tertiary/aromatic N) is 2. The quantitative estimate of drug-likeness (QED) is 0.325. The van der Waals surface area contributed by atoms with Gasteiger partial charge in [0.15, 0.2) is 0 Å². The van der Waals surface area contributed by atoms with Crippen LogP contribution < -0.4 is 0 Å². The van der Waals surface area contributed by atoms with Gasteiger partial charge >= 0.3 is 0 Å². The molecule has 44 heavy (non-hydrogen) atoms. The highest BCUT2D eigenvalue weighted by Crippen LogP contribution is 2.57. The Hall–Kier alpha value is -3.78. The first kappa shape index (κ1) is 27.7. The first-order chi connectivity index (χ1) is 21.8. The minimum absolute atomic E-state index is 0.453. The van der Waals surface area contributed by atoms with E-state index in [4.69, 9.17) is 0 Å². The molecule has 8 rings (SSSR count). The maximum Gasteiger partial charge on any atom is 0.0429 e. The number of rotatable bonds is 5. The zero-order valence-corrected chi connectivity index (χ0v) is 25.9. The van der Waals surface area contributed by atoms with E-state index in [1.54, 1.807) is 22.3 Å². The van der Waals surface area contributed by atoms with Crippen LogP contribution in [0.2, 0.25) is 0 Å². The molecule has 0 saturated heterocycles. The van der Waals surface area contributed by atoms with Crippen molar-refractivity contribution in [3.8, 4) is 0 Å². The van der Waals surface area contributed by atoms with Gasteiger partial charge in [0.1, 0.15) is 0 Å². The van der Waals surface area contributed by atoms with Crippen LogP contribution in [0.25, 0.3) is 5.57 Å². The van der Waals surface area contributed by atoms with Crippen molar-refractivity contribution < 1.29 is 0 Å². The number of pyridine rings is 1. The largest absolute Gasteiger partial charge is 0.293 e. The summed E-state index contributed by atoms with van der Waals surface area (Å²) in [6.45, 7) is 0.901. The molecule has 0 fully saturated rings. The molecule has 222 valence electrons. The molecule has 0 radical (unpaired) electrons. The minimum atomic E-state index is 0.453. The second kappa shape index (κ2) is 12.3. The van der Waals surface area contributed by atoms with E-state index in [-0.39, 0.29) is 0 Å². The third-order valence-electron chi connectivity index (χ3n) is 11.2. The van der Waals surface area contributed by atoms with Gasteiger partial charge in [-0.05, 0) is 139 Å². The topological polar surface area (TPSA) is 25.2 Å². The monoisotopic (exact) mass is 576 g/mol. The molecule has 1 aromatic carbocycles. The van der Waals surface area contributed by atoms with Crippen molar-refractivity contribution in [2.75, 3.05) is 6.54 Å². The Bertz CT molecular complexity index is 1660. The van der Waals surface area contributed by atoms with Crippen molar-refractivity contribution in [1.29, 1.82) is 0 Å². The van der Waals surface area contributed by atoms with Crippen LogP contribution in [-0.4, -0.2) is 17.7 Å². The van der Waals surface area contributed by atoms with Gasteiger partial charge < -0.3 is 0 Å². The molecular formula is C42H44N2. The summed E-state index contributed by atoms with van der Waals surface area (Å²) < 4.78 is 0. The summed E-state index contributed by atoms with van der Waals surface area (Å²) in [7, 11) is 0. The molecule has 1 aromatic heterocycles. The lowest BCUT2D eigenvalue weighted by molar-refractivity contribution is 0.348. The van der Waals surface area contributed by atoms with Crippen LogP contribution in [0.5, 0.6) is 0 Å². The number of benzene rings is 1. The number of aromatic nitrogens is 1. The number of hydrogen-bond acceptors (Lipinski definition) is 2. The van der Waals surface area contributed by atoms with E-state index >= 15 is 0 Å². The molecule has 0 saturated carbocycles. The van der Waals surface area contributed by atoms with Crippen LogP contribution >= 0.6 is 0 Å². The van der Waals surface area contributed by atoms with Gasteiger partial charge in [-0.3, -0.25) is 9.98 Å². The molecular weight excluding hydrogens is 532 g/mol. The Morgan fingerprint density at radius 3 is 2.61 bits per heavy atom. The molecule has 1 aliphatic heterocycles.